The molecule has 0 spiro atoms. The van der Waals surface area contributed by atoms with Gasteiger partial charge in [0.25, 0.3) is 0 Å². The summed E-state index contributed by atoms with van der Waals surface area (Å²) in [5.41, 5.74) is 6.30. The topological polar surface area (TPSA) is 26.0 Å². The number of hydrogen-bond acceptors (Lipinski definition) is 1. The van der Waals surface area contributed by atoms with Crippen molar-refractivity contribution in [2.45, 2.75) is 65.3 Å². The molecule has 1 aliphatic carbocycles. The standard InChI is InChI=1S/C13H27N/c1-4-7-10-8-11(5-2)13(14)12(6-3)9-10/h10-13H,4-9,14H2,1-3H3. The highest BCUT2D eigenvalue weighted by Gasteiger charge is 2.32. The molecule has 84 valence electrons. The third-order valence-electron chi connectivity index (χ3n) is 4.11. The third kappa shape index (κ3) is 2.73. The molecule has 1 nitrogen and oxygen atoms in total. The average molecular weight is 197 g/mol. The fourth-order valence-corrected chi connectivity index (χ4v) is 3.17. The molecule has 0 aromatic carbocycles. The first-order valence-electron chi connectivity index (χ1n) is 6.48. The van der Waals surface area contributed by atoms with E-state index in [0.717, 1.165) is 17.8 Å². The van der Waals surface area contributed by atoms with Gasteiger partial charge in [0.2, 0.25) is 0 Å². The van der Waals surface area contributed by atoms with Crippen LogP contribution in [0.1, 0.15) is 59.3 Å². The Hall–Kier alpha value is -0.0400. The Labute approximate surface area is 89.5 Å². The maximum absolute atomic E-state index is 6.30. The molecule has 2 atom stereocenters. The van der Waals surface area contributed by atoms with E-state index in [1.807, 2.05) is 0 Å². The van der Waals surface area contributed by atoms with Gasteiger partial charge in [-0.1, -0.05) is 46.5 Å². The second-order valence-corrected chi connectivity index (χ2v) is 5.04. The highest BCUT2D eigenvalue weighted by atomic mass is 14.7. The molecule has 1 fully saturated rings. The Bertz CT molecular complexity index is 141. The summed E-state index contributed by atoms with van der Waals surface area (Å²) in [5, 5.41) is 0. The van der Waals surface area contributed by atoms with Gasteiger partial charge in [-0.25, -0.2) is 0 Å². The Balaban J connectivity index is 2.53. The predicted octanol–water partition coefficient (Wildman–Crippen LogP) is 3.58. The Kier molecular flexibility index (Phi) is 4.94. The molecular formula is C13H27N. The van der Waals surface area contributed by atoms with Gasteiger partial charge < -0.3 is 5.73 Å². The van der Waals surface area contributed by atoms with Crippen LogP contribution >= 0.6 is 0 Å². The smallest absolute Gasteiger partial charge is 0.00956 e. The Morgan fingerprint density at radius 3 is 1.86 bits per heavy atom. The van der Waals surface area contributed by atoms with E-state index in [1.54, 1.807) is 0 Å². The molecule has 1 aliphatic rings. The lowest BCUT2D eigenvalue weighted by Gasteiger charge is -2.39. The van der Waals surface area contributed by atoms with Crippen LogP contribution in [0.5, 0.6) is 0 Å². The van der Waals surface area contributed by atoms with Crippen LogP contribution in [0.3, 0.4) is 0 Å². The predicted molar refractivity (Wildman–Crippen MR) is 63.2 cm³/mol. The van der Waals surface area contributed by atoms with Crippen molar-refractivity contribution < 1.29 is 0 Å². The summed E-state index contributed by atoms with van der Waals surface area (Å²) in [6.07, 6.45) is 8.09. The summed E-state index contributed by atoms with van der Waals surface area (Å²) >= 11 is 0. The third-order valence-corrected chi connectivity index (χ3v) is 4.11. The quantitative estimate of drug-likeness (QED) is 0.732. The minimum absolute atomic E-state index is 0.484. The van der Waals surface area contributed by atoms with Crippen molar-refractivity contribution in [3.8, 4) is 0 Å². The van der Waals surface area contributed by atoms with E-state index in [2.05, 4.69) is 20.8 Å². The van der Waals surface area contributed by atoms with Gasteiger partial charge in [0.05, 0.1) is 0 Å². The Morgan fingerprint density at radius 1 is 1.00 bits per heavy atom. The normalized spacial score (nSPS) is 38.6. The van der Waals surface area contributed by atoms with E-state index >= 15 is 0 Å². The van der Waals surface area contributed by atoms with Gasteiger partial charge in [0.15, 0.2) is 0 Å². The minimum atomic E-state index is 0.484. The van der Waals surface area contributed by atoms with E-state index < -0.39 is 0 Å². The molecule has 1 heteroatoms. The largest absolute Gasteiger partial charge is 0.327 e. The zero-order valence-electron chi connectivity index (χ0n) is 10.1. The van der Waals surface area contributed by atoms with Gasteiger partial charge in [-0.2, -0.15) is 0 Å². The maximum atomic E-state index is 6.30. The molecule has 0 heterocycles. The van der Waals surface area contributed by atoms with Crippen molar-refractivity contribution in [1.82, 2.24) is 0 Å². The number of rotatable bonds is 4. The molecule has 0 aliphatic heterocycles. The summed E-state index contributed by atoms with van der Waals surface area (Å²) in [5.74, 6) is 2.56. The van der Waals surface area contributed by atoms with Crippen LogP contribution in [0, 0.1) is 17.8 Å². The van der Waals surface area contributed by atoms with Crippen LogP contribution in [-0.4, -0.2) is 6.04 Å². The fraction of sp³-hybridized carbons (Fsp3) is 1.00. The van der Waals surface area contributed by atoms with Crippen molar-refractivity contribution in [3.05, 3.63) is 0 Å². The monoisotopic (exact) mass is 197 g/mol. The molecule has 14 heavy (non-hydrogen) atoms. The van der Waals surface area contributed by atoms with Crippen molar-refractivity contribution in [2.75, 3.05) is 0 Å². The van der Waals surface area contributed by atoms with E-state index in [1.165, 1.54) is 38.5 Å². The highest BCUT2D eigenvalue weighted by Crippen LogP contribution is 2.37. The van der Waals surface area contributed by atoms with Gasteiger partial charge in [0, 0.05) is 6.04 Å². The van der Waals surface area contributed by atoms with E-state index in [9.17, 15) is 0 Å². The Morgan fingerprint density at radius 2 is 1.50 bits per heavy atom. The zero-order valence-corrected chi connectivity index (χ0v) is 10.1. The SMILES string of the molecule is CCCC1CC(CC)C(N)C(CC)C1. The lowest BCUT2D eigenvalue weighted by atomic mass is 9.69. The van der Waals surface area contributed by atoms with Crippen LogP contribution in [0.2, 0.25) is 0 Å². The molecule has 0 aromatic heterocycles. The van der Waals surface area contributed by atoms with Gasteiger partial charge in [-0.15, -0.1) is 0 Å². The molecule has 1 saturated carbocycles. The van der Waals surface area contributed by atoms with Crippen LogP contribution in [0.4, 0.5) is 0 Å². The fourth-order valence-electron chi connectivity index (χ4n) is 3.17. The van der Waals surface area contributed by atoms with Crippen LogP contribution in [0.15, 0.2) is 0 Å². The first-order chi connectivity index (χ1) is 6.72. The molecule has 0 bridgehead atoms. The van der Waals surface area contributed by atoms with Crippen molar-refractivity contribution >= 4 is 0 Å². The van der Waals surface area contributed by atoms with Gasteiger partial charge in [-0.3, -0.25) is 0 Å². The summed E-state index contributed by atoms with van der Waals surface area (Å²) in [6.45, 7) is 6.90. The maximum Gasteiger partial charge on any atom is 0.00956 e. The first-order valence-corrected chi connectivity index (χ1v) is 6.48. The summed E-state index contributed by atoms with van der Waals surface area (Å²) < 4.78 is 0. The average Bonchev–Trinajstić information content (AvgIpc) is 2.20. The van der Waals surface area contributed by atoms with E-state index in [4.69, 9.17) is 5.73 Å². The van der Waals surface area contributed by atoms with Crippen LogP contribution < -0.4 is 5.73 Å². The summed E-state index contributed by atoms with van der Waals surface area (Å²) in [7, 11) is 0. The molecule has 2 N–H and O–H groups in total. The van der Waals surface area contributed by atoms with Gasteiger partial charge in [-0.05, 0) is 30.6 Å². The number of hydrogen-bond donors (Lipinski definition) is 1. The van der Waals surface area contributed by atoms with E-state index in [0.29, 0.717) is 6.04 Å². The molecule has 0 aromatic rings. The summed E-state index contributed by atoms with van der Waals surface area (Å²) in [4.78, 5) is 0. The van der Waals surface area contributed by atoms with Crippen LogP contribution in [0.25, 0.3) is 0 Å². The molecule has 2 unspecified atom stereocenters. The van der Waals surface area contributed by atoms with Crippen molar-refractivity contribution in [3.63, 3.8) is 0 Å². The minimum Gasteiger partial charge on any atom is -0.327 e. The lowest BCUT2D eigenvalue weighted by molar-refractivity contribution is 0.146. The molecule has 1 rings (SSSR count). The first kappa shape index (κ1) is 12.0. The van der Waals surface area contributed by atoms with Crippen LogP contribution in [-0.2, 0) is 0 Å². The summed E-state index contributed by atoms with van der Waals surface area (Å²) in [6, 6.07) is 0.484. The second kappa shape index (κ2) is 5.75. The molecule has 0 saturated heterocycles. The molecule has 0 amide bonds. The molecular weight excluding hydrogens is 170 g/mol. The number of nitrogens with two attached hydrogens (primary N) is 1. The van der Waals surface area contributed by atoms with E-state index in [-0.39, 0.29) is 0 Å². The van der Waals surface area contributed by atoms with Crippen molar-refractivity contribution in [1.29, 1.82) is 0 Å². The lowest BCUT2D eigenvalue weighted by Crippen LogP contribution is -2.43. The highest BCUT2D eigenvalue weighted by molar-refractivity contribution is 4.87. The second-order valence-electron chi connectivity index (χ2n) is 5.04. The van der Waals surface area contributed by atoms with Crippen molar-refractivity contribution in [2.24, 2.45) is 23.5 Å². The molecule has 0 radical (unpaired) electrons. The van der Waals surface area contributed by atoms with Gasteiger partial charge in [0.1, 0.15) is 0 Å². The zero-order chi connectivity index (χ0) is 10.6. The van der Waals surface area contributed by atoms with Gasteiger partial charge >= 0.3 is 0 Å².